The van der Waals surface area contributed by atoms with Crippen molar-refractivity contribution in [2.45, 2.75) is 58.3 Å². The third kappa shape index (κ3) is 14.1. The first-order chi connectivity index (χ1) is 17.5. The van der Waals surface area contributed by atoms with Crippen LogP contribution in [-0.2, 0) is 9.53 Å². The molecule has 1 amide bonds. The van der Waals surface area contributed by atoms with Gasteiger partial charge in [0.15, 0.2) is 0 Å². The van der Waals surface area contributed by atoms with Crippen molar-refractivity contribution in [3.05, 3.63) is 84.5 Å². The summed E-state index contributed by atoms with van der Waals surface area (Å²) in [6.07, 6.45) is 29.6. The van der Waals surface area contributed by atoms with Gasteiger partial charge in [-0.3, -0.25) is 4.79 Å². The maximum atomic E-state index is 12.3. The van der Waals surface area contributed by atoms with Crippen molar-refractivity contribution in [1.29, 1.82) is 0 Å². The van der Waals surface area contributed by atoms with E-state index in [1.54, 1.807) is 7.05 Å². The molecular formula is C30H41NO5. The summed E-state index contributed by atoms with van der Waals surface area (Å²) in [5, 5.41) is 18.7. The maximum absolute atomic E-state index is 12.3. The lowest BCUT2D eigenvalue weighted by atomic mass is 10.1. The smallest absolute Gasteiger partial charge is 0.339 e. The van der Waals surface area contributed by atoms with E-state index in [4.69, 9.17) is 9.84 Å². The van der Waals surface area contributed by atoms with E-state index in [0.29, 0.717) is 12.3 Å². The SMILES string of the molecule is CC/C=C\C/C=C\C/C=C\C/C=C\C/C=C\CCCCOCC(=O)N(C)c1ccc(O)c(C(=O)O)c1. The van der Waals surface area contributed by atoms with Crippen LogP contribution in [0.2, 0.25) is 0 Å². The summed E-state index contributed by atoms with van der Waals surface area (Å²) < 4.78 is 5.46. The Balaban J connectivity index is 2.08. The predicted molar refractivity (Wildman–Crippen MR) is 148 cm³/mol. The highest BCUT2D eigenvalue weighted by atomic mass is 16.5. The first-order valence-corrected chi connectivity index (χ1v) is 12.6. The predicted octanol–water partition coefficient (Wildman–Crippen LogP) is 6.99. The van der Waals surface area contributed by atoms with Crippen LogP contribution < -0.4 is 4.90 Å². The largest absolute Gasteiger partial charge is 0.507 e. The van der Waals surface area contributed by atoms with Crippen LogP contribution in [0.5, 0.6) is 5.75 Å². The Morgan fingerprint density at radius 1 is 0.861 bits per heavy atom. The van der Waals surface area contributed by atoms with E-state index in [-0.39, 0.29) is 23.8 Å². The number of ether oxygens (including phenoxy) is 1. The molecule has 0 aliphatic heterocycles. The molecule has 6 heteroatoms. The second-order valence-electron chi connectivity index (χ2n) is 8.22. The highest BCUT2D eigenvalue weighted by molar-refractivity contribution is 5.97. The third-order valence-corrected chi connectivity index (χ3v) is 5.26. The molecule has 36 heavy (non-hydrogen) atoms. The fourth-order valence-corrected chi connectivity index (χ4v) is 3.14. The molecule has 0 aliphatic rings. The number of allylic oxidation sites excluding steroid dienone is 10. The van der Waals surface area contributed by atoms with E-state index < -0.39 is 5.97 Å². The molecule has 0 heterocycles. The molecule has 0 aromatic heterocycles. The molecule has 0 bridgehead atoms. The van der Waals surface area contributed by atoms with Gasteiger partial charge in [-0.1, -0.05) is 67.7 Å². The zero-order chi connectivity index (χ0) is 26.4. The van der Waals surface area contributed by atoms with E-state index in [1.807, 2.05) is 0 Å². The zero-order valence-corrected chi connectivity index (χ0v) is 21.6. The van der Waals surface area contributed by atoms with Crippen LogP contribution in [0.15, 0.2) is 79.0 Å². The summed E-state index contributed by atoms with van der Waals surface area (Å²) >= 11 is 0. The van der Waals surface area contributed by atoms with Crippen LogP contribution in [0.4, 0.5) is 5.69 Å². The molecule has 0 radical (unpaired) electrons. The number of carboxylic acid groups (broad SMARTS) is 1. The van der Waals surface area contributed by atoms with Crippen LogP contribution in [0.25, 0.3) is 0 Å². The van der Waals surface area contributed by atoms with Gasteiger partial charge >= 0.3 is 5.97 Å². The van der Waals surface area contributed by atoms with Crippen LogP contribution in [0.1, 0.15) is 68.6 Å². The lowest BCUT2D eigenvalue weighted by molar-refractivity contribution is -0.122. The van der Waals surface area contributed by atoms with E-state index in [0.717, 1.165) is 51.4 Å². The van der Waals surface area contributed by atoms with Gasteiger partial charge in [-0.05, 0) is 69.6 Å². The maximum Gasteiger partial charge on any atom is 0.339 e. The van der Waals surface area contributed by atoms with Crippen molar-refractivity contribution >= 4 is 17.6 Å². The second kappa shape index (κ2) is 19.9. The van der Waals surface area contributed by atoms with Crippen molar-refractivity contribution in [3.63, 3.8) is 0 Å². The van der Waals surface area contributed by atoms with Crippen LogP contribution >= 0.6 is 0 Å². The van der Waals surface area contributed by atoms with Crippen molar-refractivity contribution in [3.8, 4) is 5.75 Å². The van der Waals surface area contributed by atoms with Crippen molar-refractivity contribution in [1.82, 2.24) is 0 Å². The average molecular weight is 496 g/mol. The number of amides is 1. The van der Waals surface area contributed by atoms with Gasteiger partial charge in [0, 0.05) is 19.3 Å². The quantitative estimate of drug-likeness (QED) is 0.169. The summed E-state index contributed by atoms with van der Waals surface area (Å²) in [5.74, 6) is -1.87. The fraction of sp³-hybridized carbons (Fsp3) is 0.400. The van der Waals surface area contributed by atoms with Gasteiger partial charge in [0.2, 0.25) is 0 Å². The normalized spacial score (nSPS) is 12.2. The standard InChI is InChI=1S/C30H41NO5/c1-3-4-5-6-7-8-9-10-11-12-13-14-15-16-17-18-19-20-23-36-25-29(33)31(2)26-21-22-28(32)27(24-26)30(34)35/h4-5,7-8,10-11,13-14,16-17,21-22,24,32H,3,6,9,12,15,18-20,23,25H2,1-2H3,(H,34,35)/b5-4-,8-7-,11-10-,14-13-,17-16-. The van der Waals surface area contributed by atoms with Gasteiger partial charge in [0.1, 0.15) is 17.9 Å². The number of carbonyl (C=O) groups is 2. The number of carbonyl (C=O) groups excluding carboxylic acids is 1. The minimum atomic E-state index is -1.25. The van der Waals surface area contributed by atoms with Gasteiger partial charge in [-0.15, -0.1) is 0 Å². The Morgan fingerprint density at radius 3 is 1.97 bits per heavy atom. The number of hydrogen-bond donors (Lipinski definition) is 2. The number of rotatable bonds is 18. The topological polar surface area (TPSA) is 87.1 Å². The molecule has 2 N–H and O–H groups in total. The Bertz CT molecular complexity index is 927. The monoisotopic (exact) mass is 495 g/mol. The minimum Gasteiger partial charge on any atom is -0.507 e. The molecule has 1 rings (SSSR count). The van der Waals surface area contributed by atoms with E-state index >= 15 is 0 Å². The number of unbranched alkanes of at least 4 members (excludes halogenated alkanes) is 2. The molecule has 0 atom stereocenters. The lowest BCUT2D eigenvalue weighted by Gasteiger charge is -2.18. The highest BCUT2D eigenvalue weighted by Gasteiger charge is 2.15. The number of hydrogen-bond acceptors (Lipinski definition) is 4. The molecule has 0 fully saturated rings. The van der Waals surface area contributed by atoms with Crippen LogP contribution in [-0.4, -0.2) is 42.4 Å². The van der Waals surface area contributed by atoms with Gasteiger partial charge in [0.05, 0.1) is 0 Å². The van der Waals surface area contributed by atoms with Crippen LogP contribution in [0.3, 0.4) is 0 Å². The van der Waals surface area contributed by atoms with E-state index in [2.05, 4.69) is 67.7 Å². The summed E-state index contributed by atoms with van der Waals surface area (Å²) in [4.78, 5) is 24.7. The van der Waals surface area contributed by atoms with E-state index in [1.165, 1.54) is 23.1 Å². The van der Waals surface area contributed by atoms with E-state index in [9.17, 15) is 14.7 Å². The summed E-state index contributed by atoms with van der Waals surface area (Å²) in [5.41, 5.74) is 0.139. The summed E-state index contributed by atoms with van der Waals surface area (Å²) in [7, 11) is 1.55. The molecule has 1 aromatic rings. The number of nitrogens with zero attached hydrogens (tertiary/aromatic N) is 1. The molecular weight excluding hydrogens is 454 g/mol. The van der Waals surface area contributed by atoms with Crippen molar-refractivity contribution < 1.29 is 24.5 Å². The van der Waals surface area contributed by atoms with Crippen molar-refractivity contribution in [2.75, 3.05) is 25.2 Å². The number of phenols is 1. The molecule has 6 nitrogen and oxygen atoms in total. The van der Waals surface area contributed by atoms with Gasteiger partial charge in [0.25, 0.3) is 5.91 Å². The number of likely N-dealkylation sites (N-methyl/N-ethyl adjacent to an activating group) is 1. The average Bonchev–Trinajstić information content (AvgIpc) is 2.87. The third-order valence-electron chi connectivity index (χ3n) is 5.26. The molecule has 196 valence electrons. The molecule has 0 saturated carbocycles. The first kappa shape index (κ1) is 30.7. The second-order valence-corrected chi connectivity index (χ2v) is 8.22. The Hall–Kier alpha value is -3.38. The van der Waals surface area contributed by atoms with Crippen LogP contribution in [0, 0.1) is 0 Å². The molecule has 0 aliphatic carbocycles. The fourth-order valence-electron chi connectivity index (χ4n) is 3.14. The Labute approximate surface area is 216 Å². The lowest BCUT2D eigenvalue weighted by Crippen LogP contribution is -2.30. The molecule has 1 aromatic carbocycles. The molecule has 0 saturated heterocycles. The number of aromatic carboxylic acids is 1. The summed E-state index contributed by atoms with van der Waals surface area (Å²) in [6, 6.07) is 4.02. The minimum absolute atomic E-state index is 0.0819. The zero-order valence-electron chi connectivity index (χ0n) is 21.6. The first-order valence-electron chi connectivity index (χ1n) is 12.6. The van der Waals surface area contributed by atoms with Crippen molar-refractivity contribution in [2.24, 2.45) is 0 Å². The number of carboxylic acids is 1. The summed E-state index contributed by atoms with van der Waals surface area (Å²) in [6.45, 7) is 2.55. The molecule has 0 unspecified atom stereocenters. The Kier molecular flexibility index (Phi) is 16.9. The number of anilines is 1. The highest BCUT2D eigenvalue weighted by Crippen LogP contribution is 2.23. The number of benzene rings is 1. The molecule has 0 spiro atoms. The van der Waals surface area contributed by atoms with Gasteiger partial charge in [-0.2, -0.15) is 0 Å². The number of aromatic hydroxyl groups is 1. The van der Waals surface area contributed by atoms with Gasteiger partial charge < -0.3 is 19.8 Å². The Morgan fingerprint density at radius 2 is 1.42 bits per heavy atom. The van der Waals surface area contributed by atoms with Gasteiger partial charge in [-0.25, -0.2) is 4.79 Å².